The number of carbonyl (C=O) groups excluding carboxylic acids is 3. The number of hydrogen-bond donors (Lipinski definition) is 6. The number of ketones is 2. The number of aliphatic hydroxyl groups excluding tert-OH is 3. The van der Waals surface area contributed by atoms with Gasteiger partial charge in [0, 0.05) is 11.5 Å². The quantitative estimate of drug-likeness (QED) is 0.315. The number of aromatic hydroxyl groups is 1. The van der Waals surface area contributed by atoms with E-state index in [0.717, 1.165) is 0 Å². The lowest BCUT2D eigenvalue weighted by molar-refractivity contribution is -0.169. The molecule has 0 aliphatic heterocycles. The molecule has 1 saturated carbocycles. The van der Waals surface area contributed by atoms with Gasteiger partial charge in [0.05, 0.1) is 23.6 Å². The molecule has 3 aliphatic rings. The lowest BCUT2D eigenvalue weighted by atomic mass is 9.54. The van der Waals surface area contributed by atoms with Crippen LogP contribution in [0.1, 0.15) is 24.0 Å². The van der Waals surface area contributed by atoms with Gasteiger partial charge in [0.2, 0.25) is 5.78 Å². The summed E-state index contributed by atoms with van der Waals surface area (Å²) in [5.41, 5.74) is 1.47. The second-order valence-corrected chi connectivity index (χ2v) is 8.79. The van der Waals surface area contributed by atoms with E-state index in [0.29, 0.717) is 5.56 Å². The molecule has 178 valence electrons. The van der Waals surface area contributed by atoms with Gasteiger partial charge in [-0.3, -0.25) is 19.3 Å². The molecule has 0 radical (unpaired) electrons. The van der Waals surface area contributed by atoms with Crippen molar-refractivity contribution in [1.82, 2.24) is 4.90 Å². The first-order chi connectivity index (χ1) is 14.9. The summed E-state index contributed by atoms with van der Waals surface area (Å²) in [5, 5.41) is 54.9. The number of hydrogen-bond acceptors (Lipinski definition) is 9. The summed E-state index contributed by atoms with van der Waals surface area (Å²) in [7, 11) is 2.92. The highest BCUT2D eigenvalue weighted by Crippen LogP contribution is 2.55. The highest BCUT2D eigenvalue weighted by Gasteiger charge is 2.68. The standard InChI is InChI=1S/C22H24N2O8.ClH/c1-7-8-5-4-6-9(25)11(8)16(26)12-10(7)17(27)14-15(24(2)3)18(28)13(21(23)31)20(30)22(14,32)19(12)29;/h4-7,10,14-15,17,25-27,30,32H,1-3H3,(H2,23,31);1H/t7-,10+,14+,15?,17-,22-;/m0./s1. The summed E-state index contributed by atoms with van der Waals surface area (Å²) in [6, 6.07) is 3.13. The maximum absolute atomic E-state index is 13.7. The van der Waals surface area contributed by atoms with E-state index in [1.165, 1.54) is 25.1 Å². The van der Waals surface area contributed by atoms with E-state index in [-0.39, 0.29) is 23.7 Å². The number of phenols is 1. The molecule has 1 unspecified atom stereocenters. The van der Waals surface area contributed by atoms with E-state index >= 15 is 0 Å². The number of Topliss-reactive ketones (excluding diaryl/α,β-unsaturated/α-hetero) is 2. The van der Waals surface area contributed by atoms with E-state index in [9.17, 15) is 39.9 Å². The minimum Gasteiger partial charge on any atom is -0.508 e. The molecule has 3 aliphatic carbocycles. The van der Waals surface area contributed by atoms with Crippen molar-refractivity contribution >= 4 is 35.6 Å². The molecule has 0 bridgehead atoms. The minimum atomic E-state index is -2.89. The number of phenolic OH excluding ortho intramolecular Hbond substituents is 1. The molecule has 7 N–H and O–H groups in total. The van der Waals surface area contributed by atoms with Crippen LogP contribution in [0.4, 0.5) is 0 Å². The van der Waals surface area contributed by atoms with Gasteiger partial charge in [-0.15, -0.1) is 12.4 Å². The molecule has 33 heavy (non-hydrogen) atoms. The van der Waals surface area contributed by atoms with Crippen LogP contribution < -0.4 is 5.73 Å². The summed E-state index contributed by atoms with van der Waals surface area (Å²) < 4.78 is 0. The first-order valence-electron chi connectivity index (χ1n) is 10.0. The van der Waals surface area contributed by atoms with Crippen molar-refractivity contribution < 1.29 is 39.9 Å². The normalized spacial score (nSPS) is 33.3. The zero-order valence-electron chi connectivity index (χ0n) is 18.0. The molecule has 0 aromatic heterocycles. The fourth-order valence-corrected chi connectivity index (χ4v) is 5.58. The van der Waals surface area contributed by atoms with Crippen LogP contribution in [0.25, 0.3) is 5.76 Å². The average Bonchev–Trinajstić information content (AvgIpc) is 2.70. The van der Waals surface area contributed by atoms with E-state index in [1.54, 1.807) is 19.1 Å². The Morgan fingerprint density at radius 1 is 1.15 bits per heavy atom. The minimum absolute atomic E-state index is 0. The van der Waals surface area contributed by atoms with Crippen molar-refractivity contribution in [3.8, 4) is 5.75 Å². The number of fused-ring (bicyclic) bond motifs is 3. The van der Waals surface area contributed by atoms with E-state index in [2.05, 4.69) is 0 Å². The summed E-state index contributed by atoms with van der Waals surface area (Å²) in [4.78, 5) is 40.0. The van der Waals surface area contributed by atoms with Gasteiger partial charge < -0.3 is 31.3 Å². The number of likely N-dealkylation sites (N-methyl/N-ethyl adjacent to an activating group) is 1. The van der Waals surface area contributed by atoms with Gasteiger partial charge in [-0.1, -0.05) is 19.1 Å². The van der Waals surface area contributed by atoms with Gasteiger partial charge in [-0.25, -0.2) is 0 Å². The number of amides is 1. The van der Waals surface area contributed by atoms with Crippen molar-refractivity contribution in [3.05, 3.63) is 46.2 Å². The van der Waals surface area contributed by atoms with Crippen molar-refractivity contribution in [3.63, 3.8) is 0 Å². The Balaban J connectivity index is 0.00000306. The molecule has 0 spiro atoms. The Labute approximate surface area is 195 Å². The number of carbonyl (C=O) groups is 3. The van der Waals surface area contributed by atoms with Crippen LogP contribution >= 0.6 is 12.4 Å². The average molecular weight is 481 g/mol. The zero-order chi connectivity index (χ0) is 23.9. The number of benzene rings is 1. The molecule has 1 aromatic rings. The Bertz CT molecular complexity index is 1140. The summed E-state index contributed by atoms with van der Waals surface area (Å²) in [5.74, 6) is -8.87. The second-order valence-electron chi connectivity index (χ2n) is 8.79. The van der Waals surface area contributed by atoms with Gasteiger partial charge in [0.1, 0.15) is 22.8 Å². The lowest BCUT2D eigenvalue weighted by Crippen LogP contribution is -2.70. The first kappa shape index (κ1) is 24.7. The number of nitrogens with zero attached hydrogens (tertiary/aromatic N) is 1. The zero-order valence-corrected chi connectivity index (χ0v) is 18.8. The van der Waals surface area contributed by atoms with Crippen LogP contribution in [0, 0.1) is 11.8 Å². The smallest absolute Gasteiger partial charge is 0.255 e. The van der Waals surface area contributed by atoms with Gasteiger partial charge in [0.25, 0.3) is 5.91 Å². The number of halogens is 1. The Kier molecular flexibility index (Phi) is 5.87. The molecular formula is C22H25ClN2O8. The third-order valence-electron chi connectivity index (χ3n) is 6.99. The fraction of sp³-hybridized carbons (Fsp3) is 0.409. The van der Waals surface area contributed by atoms with E-state index < -0.39 is 75.6 Å². The van der Waals surface area contributed by atoms with Gasteiger partial charge in [0.15, 0.2) is 11.4 Å². The van der Waals surface area contributed by atoms with Crippen molar-refractivity contribution in [2.24, 2.45) is 17.6 Å². The summed E-state index contributed by atoms with van der Waals surface area (Å²) in [6.45, 7) is 1.68. The van der Waals surface area contributed by atoms with Crippen molar-refractivity contribution in [2.75, 3.05) is 14.1 Å². The summed E-state index contributed by atoms with van der Waals surface area (Å²) >= 11 is 0. The first-order valence-corrected chi connectivity index (χ1v) is 10.0. The molecule has 0 heterocycles. The molecule has 1 aromatic carbocycles. The largest absolute Gasteiger partial charge is 0.508 e. The molecular weight excluding hydrogens is 456 g/mol. The number of aliphatic hydroxyl groups is 4. The highest BCUT2D eigenvalue weighted by atomic mass is 35.5. The van der Waals surface area contributed by atoms with Crippen LogP contribution in [0.5, 0.6) is 5.75 Å². The van der Waals surface area contributed by atoms with Gasteiger partial charge in [-0.05, 0) is 31.6 Å². The SMILES string of the molecule is C[C@H]1c2cccc(O)c2C(O)=C2C(=O)[C@]3(O)C(O)=C(C(N)=O)C(=O)C(N(C)C)[C@@H]3[C@@H](O)[C@@H]21.Cl. The predicted octanol–water partition coefficient (Wildman–Crippen LogP) is -0.0824. The molecule has 0 saturated heterocycles. The Morgan fingerprint density at radius 2 is 1.76 bits per heavy atom. The van der Waals surface area contributed by atoms with Crippen LogP contribution in [0.15, 0.2) is 35.1 Å². The third-order valence-corrected chi connectivity index (χ3v) is 6.99. The van der Waals surface area contributed by atoms with E-state index in [4.69, 9.17) is 5.73 Å². The van der Waals surface area contributed by atoms with E-state index in [1.807, 2.05) is 0 Å². The summed E-state index contributed by atoms with van der Waals surface area (Å²) in [6.07, 6.45) is -1.59. The predicted molar refractivity (Wildman–Crippen MR) is 118 cm³/mol. The fourth-order valence-electron chi connectivity index (χ4n) is 5.58. The van der Waals surface area contributed by atoms with Crippen LogP contribution in [-0.4, -0.2) is 79.7 Å². The molecule has 6 atom stereocenters. The highest BCUT2D eigenvalue weighted by molar-refractivity contribution is 6.24. The maximum Gasteiger partial charge on any atom is 0.255 e. The third kappa shape index (κ3) is 2.95. The van der Waals surface area contributed by atoms with Crippen LogP contribution in [0.2, 0.25) is 0 Å². The van der Waals surface area contributed by atoms with Crippen molar-refractivity contribution in [2.45, 2.75) is 30.6 Å². The Morgan fingerprint density at radius 3 is 2.30 bits per heavy atom. The monoisotopic (exact) mass is 480 g/mol. The van der Waals surface area contributed by atoms with Gasteiger partial charge in [-0.2, -0.15) is 0 Å². The number of primary amides is 1. The van der Waals surface area contributed by atoms with Crippen LogP contribution in [0.3, 0.4) is 0 Å². The second kappa shape index (κ2) is 7.84. The molecule has 10 nitrogen and oxygen atoms in total. The molecule has 11 heteroatoms. The maximum atomic E-state index is 13.7. The van der Waals surface area contributed by atoms with Gasteiger partial charge >= 0.3 is 0 Å². The molecule has 1 amide bonds. The van der Waals surface area contributed by atoms with Crippen molar-refractivity contribution in [1.29, 1.82) is 0 Å². The topological polar surface area (TPSA) is 182 Å². The Hall–Kier alpha value is -2.92. The lowest BCUT2D eigenvalue weighted by Gasteiger charge is -2.53. The number of rotatable bonds is 2. The number of nitrogens with two attached hydrogens (primary N) is 1. The molecule has 1 fully saturated rings. The molecule has 4 rings (SSSR count). The van der Waals surface area contributed by atoms with Crippen LogP contribution in [-0.2, 0) is 14.4 Å².